The first-order valence-electron chi connectivity index (χ1n) is 9.40. The van der Waals surface area contributed by atoms with Gasteiger partial charge in [-0.15, -0.1) is 0 Å². The summed E-state index contributed by atoms with van der Waals surface area (Å²) < 4.78 is 5.59. The maximum absolute atomic E-state index is 12.5. The van der Waals surface area contributed by atoms with Gasteiger partial charge in [0.1, 0.15) is 0 Å². The lowest BCUT2D eigenvalue weighted by molar-refractivity contribution is -0.123. The summed E-state index contributed by atoms with van der Waals surface area (Å²) in [7, 11) is 2.16. The molecule has 0 saturated carbocycles. The van der Waals surface area contributed by atoms with Crippen molar-refractivity contribution in [1.29, 1.82) is 0 Å². The number of rotatable bonds is 7. The third-order valence-electron chi connectivity index (χ3n) is 5.24. The van der Waals surface area contributed by atoms with Gasteiger partial charge in [-0.05, 0) is 63.5 Å². The average Bonchev–Trinajstić information content (AvgIpc) is 3.15. The van der Waals surface area contributed by atoms with E-state index >= 15 is 0 Å². The van der Waals surface area contributed by atoms with Crippen LogP contribution < -0.4 is 5.32 Å². The molecule has 0 bridgehead atoms. The van der Waals surface area contributed by atoms with Crippen LogP contribution in [0.2, 0.25) is 0 Å². The number of pyridine rings is 1. The van der Waals surface area contributed by atoms with Gasteiger partial charge in [0.25, 0.3) is 0 Å². The molecule has 1 aromatic rings. The minimum Gasteiger partial charge on any atom is -0.376 e. The zero-order valence-electron chi connectivity index (χ0n) is 15.2. The molecule has 25 heavy (non-hydrogen) atoms. The maximum Gasteiger partial charge on any atom is 0.234 e. The van der Waals surface area contributed by atoms with Crippen LogP contribution in [0, 0.1) is 0 Å². The number of hydrogen-bond acceptors (Lipinski definition) is 5. The third kappa shape index (κ3) is 5.76. The van der Waals surface area contributed by atoms with Crippen LogP contribution >= 0.6 is 0 Å². The molecule has 2 aliphatic heterocycles. The van der Waals surface area contributed by atoms with Gasteiger partial charge in [0.15, 0.2) is 0 Å². The molecule has 0 aromatic carbocycles. The van der Waals surface area contributed by atoms with Crippen LogP contribution in [0.3, 0.4) is 0 Å². The quantitative estimate of drug-likeness (QED) is 0.806. The number of nitrogens with one attached hydrogen (secondary N) is 1. The zero-order valence-corrected chi connectivity index (χ0v) is 15.2. The fourth-order valence-corrected chi connectivity index (χ4v) is 3.67. The van der Waals surface area contributed by atoms with Crippen LogP contribution in [0.15, 0.2) is 24.5 Å². The number of amides is 1. The molecule has 2 aliphatic rings. The lowest BCUT2D eigenvalue weighted by atomic mass is 10.0. The van der Waals surface area contributed by atoms with Crippen molar-refractivity contribution in [1.82, 2.24) is 20.1 Å². The van der Waals surface area contributed by atoms with Gasteiger partial charge in [0, 0.05) is 38.1 Å². The van der Waals surface area contributed by atoms with Gasteiger partial charge in [-0.3, -0.25) is 14.7 Å². The van der Waals surface area contributed by atoms with E-state index in [9.17, 15) is 4.79 Å². The predicted molar refractivity (Wildman–Crippen MR) is 97.1 cm³/mol. The third-order valence-corrected chi connectivity index (χ3v) is 5.24. The number of hydrogen-bond donors (Lipinski definition) is 1. The number of carbonyl (C=O) groups is 1. The van der Waals surface area contributed by atoms with Crippen molar-refractivity contribution in [3.05, 3.63) is 30.1 Å². The van der Waals surface area contributed by atoms with Crippen LogP contribution in [0.1, 0.15) is 31.2 Å². The van der Waals surface area contributed by atoms with Crippen molar-refractivity contribution in [2.75, 3.05) is 39.8 Å². The van der Waals surface area contributed by atoms with Crippen molar-refractivity contribution >= 4 is 5.91 Å². The minimum atomic E-state index is 0.100. The molecular formula is C19H30N4O2. The van der Waals surface area contributed by atoms with E-state index in [-0.39, 0.29) is 12.0 Å². The molecule has 6 nitrogen and oxygen atoms in total. The Balaban J connectivity index is 1.55. The fraction of sp³-hybridized carbons (Fsp3) is 0.684. The average molecular weight is 346 g/mol. The summed E-state index contributed by atoms with van der Waals surface area (Å²) in [6.07, 6.45) is 8.21. The first-order chi connectivity index (χ1) is 12.2. The summed E-state index contributed by atoms with van der Waals surface area (Å²) in [4.78, 5) is 21.3. The standard InChI is InChI=1S/C19H30N4O2/c1-22-10-6-17(7-11-22)23(14-16-4-8-20-9-5-16)15-19(24)21-13-18-3-2-12-25-18/h4-5,8-9,17-18H,2-3,6-7,10-15H2,1H3,(H,21,24). The molecular weight excluding hydrogens is 316 g/mol. The maximum atomic E-state index is 12.5. The van der Waals surface area contributed by atoms with Crippen LogP contribution in [0.5, 0.6) is 0 Å². The second-order valence-electron chi connectivity index (χ2n) is 7.23. The normalized spacial score (nSPS) is 22.4. The Bertz CT molecular complexity index is 525. The van der Waals surface area contributed by atoms with Gasteiger partial charge < -0.3 is 15.0 Å². The molecule has 6 heteroatoms. The van der Waals surface area contributed by atoms with Gasteiger partial charge in [0.2, 0.25) is 5.91 Å². The molecule has 1 atom stereocenters. The number of aromatic nitrogens is 1. The Labute approximate surface area is 150 Å². The largest absolute Gasteiger partial charge is 0.376 e. The number of carbonyl (C=O) groups excluding carboxylic acids is 1. The Morgan fingerprint density at radius 3 is 2.76 bits per heavy atom. The highest BCUT2D eigenvalue weighted by atomic mass is 16.5. The monoisotopic (exact) mass is 346 g/mol. The van der Waals surface area contributed by atoms with E-state index in [1.54, 1.807) is 0 Å². The first kappa shape index (κ1) is 18.3. The van der Waals surface area contributed by atoms with E-state index in [0.29, 0.717) is 19.1 Å². The molecule has 0 spiro atoms. The van der Waals surface area contributed by atoms with E-state index in [1.807, 2.05) is 24.5 Å². The van der Waals surface area contributed by atoms with E-state index in [2.05, 4.69) is 27.1 Å². The summed E-state index contributed by atoms with van der Waals surface area (Å²) in [5.41, 5.74) is 1.21. The van der Waals surface area contributed by atoms with E-state index in [4.69, 9.17) is 4.74 Å². The molecule has 0 aliphatic carbocycles. The summed E-state index contributed by atoms with van der Waals surface area (Å²) >= 11 is 0. The second kappa shape index (κ2) is 9.27. The van der Waals surface area contributed by atoms with Gasteiger partial charge in [0.05, 0.1) is 12.6 Å². The number of ether oxygens (including phenoxy) is 1. The predicted octanol–water partition coefficient (Wildman–Crippen LogP) is 1.27. The second-order valence-corrected chi connectivity index (χ2v) is 7.23. The molecule has 0 radical (unpaired) electrons. The van der Waals surface area contributed by atoms with Crippen molar-refractivity contribution in [2.45, 2.75) is 44.4 Å². The van der Waals surface area contributed by atoms with Gasteiger partial charge in [-0.25, -0.2) is 0 Å². The van der Waals surface area contributed by atoms with Gasteiger partial charge >= 0.3 is 0 Å². The van der Waals surface area contributed by atoms with E-state index in [1.165, 1.54) is 5.56 Å². The smallest absolute Gasteiger partial charge is 0.234 e. The van der Waals surface area contributed by atoms with E-state index < -0.39 is 0 Å². The van der Waals surface area contributed by atoms with Crippen LogP contribution in [0.25, 0.3) is 0 Å². The Morgan fingerprint density at radius 2 is 2.08 bits per heavy atom. The lowest BCUT2D eigenvalue weighted by Crippen LogP contribution is -2.48. The summed E-state index contributed by atoms with van der Waals surface area (Å²) in [6.45, 7) is 4.89. The zero-order chi connectivity index (χ0) is 17.5. The highest BCUT2D eigenvalue weighted by molar-refractivity contribution is 5.78. The lowest BCUT2D eigenvalue weighted by Gasteiger charge is -2.37. The van der Waals surface area contributed by atoms with Crippen molar-refractivity contribution in [2.24, 2.45) is 0 Å². The highest BCUT2D eigenvalue weighted by Gasteiger charge is 2.25. The van der Waals surface area contributed by atoms with Gasteiger partial charge in [-0.1, -0.05) is 0 Å². The molecule has 1 amide bonds. The van der Waals surface area contributed by atoms with Crippen molar-refractivity contribution in [3.8, 4) is 0 Å². The minimum absolute atomic E-state index is 0.100. The Hall–Kier alpha value is -1.50. The summed E-state index contributed by atoms with van der Waals surface area (Å²) in [5, 5.41) is 3.06. The first-order valence-corrected chi connectivity index (χ1v) is 9.40. The van der Waals surface area contributed by atoms with Crippen LogP contribution in [-0.2, 0) is 16.1 Å². The van der Waals surface area contributed by atoms with Crippen LogP contribution in [-0.4, -0.2) is 72.7 Å². The van der Waals surface area contributed by atoms with Crippen molar-refractivity contribution in [3.63, 3.8) is 0 Å². The van der Waals surface area contributed by atoms with Gasteiger partial charge in [-0.2, -0.15) is 0 Å². The summed E-state index contributed by atoms with van der Waals surface area (Å²) in [5.74, 6) is 0.100. The molecule has 1 aromatic heterocycles. The molecule has 1 N–H and O–H groups in total. The molecule has 1 unspecified atom stereocenters. The molecule has 2 saturated heterocycles. The number of likely N-dealkylation sites (tertiary alicyclic amines) is 1. The molecule has 3 heterocycles. The highest BCUT2D eigenvalue weighted by Crippen LogP contribution is 2.18. The van der Waals surface area contributed by atoms with E-state index in [0.717, 1.165) is 51.9 Å². The number of nitrogens with zero attached hydrogens (tertiary/aromatic N) is 3. The SMILES string of the molecule is CN1CCC(N(CC(=O)NCC2CCCO2)Cc2ccncc2)CC1. The topological polar surface area (TPSA) is 57.7 Å². The van der Waals surface area contributed by atoms with Crippen LogP contribution in [0.4, 0.5) is 0 Å². The molecule has 2 fully saturated rings. The fourth-order valence-electron chi connectivity index (χ4n) is 3.67. The summed E-state index contributed by atoms with van der Waals surface area (Å²) in [6, 6.07) is 4.52. The number of piperidine rings is 1. The molecule has 138 valence electrons. The Kier molecular flexibility index (Phi) is 6.78. The van der Waals surface area contributed by atoms with Crippen molar-refractivity contribution < 1.29 is 9.53 Å². The Morgan fingerprint density at radius 1 is 1.32 bits per heavy atom. The molecule has 3 rings (SSSR count).